The van der Waals surface area contributed by atoms with E-state index in [9.17, 15) is 9.65 Å². The maximum atomic E-state index is 13.3. The van der Waals surface area contributed by atoms with Crippen LogP contribution in [0.4, 0.5) is 4.39 Å². The van der Waals surface area contributed by atoms with Crippen LogP contribution in [0.15, 0.2) is 42.5 Å². The molecule has 0 radical (unpaired) electrons. The predicted octanol–water partition coefficient (Wildman–Crippen LogP) is 3.69. The Kier molecular flexibility index (Phi) is 4.78. The molecule has 0 amide bonds. The van der Waals surface area contributed by atoms with Gasteiger partial charge in [0, 0.05) is 0 Å². The van der Waals surface area contributed by atoms with E-state index in [2.05, 4.69) is 6.07 Å². The number of hydrogen-bond donors (Lipinski definition) is 0. The molecule has 1 unspecified atom stereocenters. The molecule has 2 rings (SSSR count). The zero-order chi connectivity index (χ0) is 15.2. The Hall–Kier alpha value is -2.54. The molecule has 0 bridgehead atoms. The number of nitriles is 1. The maximum absolute atomic E-state index is 13.3. The van der Waals surface area contributed by atoms with Gasteiger partial charge < -0.3 is 9.47 Å². The van der Waals surface area contributed by atoms with Crippen LogP contribution in [-0.4, -0.2) is 14.2 Å². The lowest BCUT2D eigenvalue weighted by atomic mass is 9.93. The topological polar surface area (TPSA) is 42.2 Å². The second kappa shape index (κ2) is 6.76. The molecular formula is C17H16FNO2. The van der Waals surface area contributed by atoms with Gasteiger partial charge in [0.25, 0.3) is 0 Å². The monoisotopic (exact) mass is 285 g/mol. The molecule has 0 aromatic heterocycles. The van der Waals surface area contributed by atoms with Gasteiger partial charge in [0.15, 0.2) is 11.5 Å². The van der Waals surface area contributed by atoms with Crippen molar-refractivity contribution in [2.75, 3.05) is 14.2 Å². The van der Waals surface area contributed by atoms with E-state index in [0.29, 0.717) is 23.5 Å². The molecule has 0 saturated carbocycles. The minimum atomic E-state index is -0.404. The quantitative estimate of drug-likeness (QED) is 0.841. The lowest BCUT2D eigenvalue weighted by Crippen LogP contribution is -2.02. The molecule has 0 fully saturated rings. The zero-order valence-electron chi connectivity index (χ0n) is 12.0. The maximum Gasteiger partial charge on any atom is 0.160 e. The number of methoxy groups -OCH3 is 2. The first kappa shape index (κ1) is 14.9. The van der Waals surface area contributed by atoms with E-state index in [1.54, 1.807) is 32.4 Å². The van der Waals surface area contributed by atoms with E-state index in [1.807, 2.05) is 12.1 Å². The van der Waals surface area contributed by atoms with Crippen LogP contribution in [0.2, 0.25) is 0 Å². The minimum Gasteiger partial charge on any atom is -0.493 e. The fraction of sp³-hybridized carbons (Fsp3) is 0.235. The molecule has 3 nitrogen and oxygen atoms in total. The van der Waals surface area contributed by atoms with Crippen molar-refractivity contribution in [3.63, 3.8) is 0 Å². The molecule has 0 saturated heterocycles. The SMILES string of the molecule is COc1ccc(CC(C#N)c2cccc(F)c2)cc1OC. The summed E-state index contributed by atoms with van der Waals surface area (Å²) in [5.74, 6) is 0.519. The van der Waals surface area contributed by atoms with Gasteiger partial charge in [-0.25, -0.2) is 4.39 Å². The fourth-order valence-corrected chi connectivity index (χ4v) is 2.20. The summed E-state index contributed by atoms with van der Waals surface area (Å²) in [4.78, 5) is 0. The Balaban J connectivity index is 2.25. The highest BCUT2D eigenvalue weighted by Crippen LogP contribution is 2.30. The predicted molar refractivity (Wildman–Crippen MR) is 78.0 cm³/mol. The normalized spacial score (nSPS) is 11.5. The highest BCUT2D eigenvalue weighted by atomic mass is 19.1. The number of nitrogens with zero attached hydrogens (tertiary/aromatic N) is 1. The van der Waals surface area contributed by atoms with Crippen molar-refractivity contribution in [2.24, 2.45) is 0 Å². The van der Waals surface area contributed by atoms with Crippen LogP contribution in [0, 0.1) is 17.1 Å². The van der Waals surface area contributed by atoms with E-state index in [4.69, 9.17) is 9.47 Å². The Morgan fingerprint density at radius 3 is 2.48 bits per heavy atom. The Bertz CT molecular complexity index is 664. The van der Waals surface area contributed by atoms with Gasteiger partial charge in [-0.15, -0.1) is 0 Å². The molecule has 108 valence electrons. The largest absolute Gasteiger partial charge is 0.493 e. The Morgan fingerprint density at radius 2 is 1.86 bits per heavy atom. The zero-order valence-corrected chi connectivity index (χ0v) is 12.0. The third-order valence-corrected chi connectivity index (χ3v) is 3.29. The molecule has 21 heavy (non-hydrogen) atoms. The van der Waals surface area contributed by atoms with Crippen molar-refractivity contribution in [3.8, 4) is 17.6 Å². The minimum absolute atomic E-state index is 0.333. The van der Waals surface area contributed by atoms with E-state index >= 15 is 0 Å². The first-order valence-electron chi connectivity index (χ1n) is 6.54. The summed E-state index contributed by atoms with van der Waals surface area (Å²) in [6.45, 7) is 0. The van der Waals surface area contributed by atoms with Gasteiger partial charge in [0.2, 0.25) is 0 Å². The van der Waals surface area contributed by atoms with Crippen molar-refractivity contribution in [1.29, 1.82) is 5.26 Å². The van der Waals surface area contributed by atoms with Gasteiger partial charge in [-0.1, -0.05) is 18.2 Å². The third kappa shape index (κ3) is 3.51. The average molecular weight is 285 g/mol. The number of hydrogen-bond acceptors (Lipinski definition) is 3. The summed E-state index contributed by atoms with van der Waals surface area (Å²) in [6, 6.07) is 13.9. The number of rotatable bonds is 5. The van der Waals surface area contributed by atoms with E-state index in [1.165, 1.54) is 12.1 Å². The van der Waals surface area contributed by atoms with Crippen LogP contribution in [-0.2, 0) is 6.42 Å². The number of halogens is 1. The molecule has 0 spiro atoms. The average Bonchev–Trinajstić information content (AvgIpc) is 2.52. The summed E-state index contributed by atoms with van der Waals surface area (Å²) in [7, 11) is 3.14. The van der Waals surface area contributed by atoms with Gasteiger partial charge in [0.05, 0.1) is 26.2 Å². The van der Waals surface area contributed by atoms with Gasteiger partial charge in [-0.2, -0.15) is 5.26 Å². The van der Waals surface area contributed by atoms with Gasteiger partial charge >= 0.3 is 0 Å². The first-order valence-corrected chi connectivity index (χ1v) is 6.54. The highest BCUT2D eigenvalue weighted by molar-refractivity contribution is 5.43. The first-order chi connectivity index (χ1) is 10.2. The second-order valence-electron chi connectivity index (χ2n) is 4.63. The van der Waals surface area contributed by atoms with Crippen molar-refractivity contribution in [1.82, 2.24) is 0 Å². The number of ether oxygens (including phenoxy) is 2. The molecule has 1 atom stereocenters. The Morgan fingerprint density at radius 1 is 1.10 bits per heavy atom. The van der Waals surface area contributed by atoms with Gasteiger partial charge in [0.1, 0.15) is 5.82 Å². The molecule has 2 aromatic rings. The molecule has 0 aliphatic rings. The third-order valence-electron chi connectivity index (χ3n) is 3.29. The van der Waals surface area contributed by atoms with Crippen LogP contribution in [0.5, 0.6) is 11.5 Å². The van der Waals surface area contributed by atoms with Crippen LogP contribution in [0.1, 0.15) is 17.0 Å². The summed E-state index contributed by atoms with van der Waals surface area (Å²) in [5, 5.41) is 9.33. The molecule has 2 aromatic carbocycles. The standard InChI is InChI=1S/C17H16FNO2/c1-20-16-7-6-12(9-17(16)21-2)8-14(11-19)13-4-3-5-15(18)10-13/h3-7,9-10,14H,8H2,1-2H3. The van der Waals surface area contributed by atoms with Crippen molar-refractivity contribution in [3.05, 3.63) is 59.4 Å². The van der Waals surface area contributed by atoms with Crippen LogP contribution < -0.4 is 9.47 Å². The Labute approximate surface area is 123 Å². The van der Waals surface area contributed by atoms with E-state index in [-0.39, 0.29) is 5.82 Å². The number of benzene rings is 2. The van der Waals surface area contributed by atoms with Gasteiger partial charge in [-0.3, -0.25) is 0 Å². The van der Waals surface area contributed by atoms with Crippen LogP contribution in [0.3, 0.4) is 0 Å². The summed E-state index contributed by atoms with van der Waals surface area (Å²) < 4.78 is 23.7. The van der Waals surface area contributed by atoms with Crippen LogP contribution in [0.25, 0.3) is 0 Å². The van der Waals surface area contributed by atoms with E-state index < -0.39 is 5.92 Å². The van der Waals surface area contributed by atoms with E-state index in [0.717, 1.165) is 5.56 Å². The molecule has 4 heteroatoms. The summed E-state index contributed by atoms with van der Waals surface area (Å²) in [5.41, 5.74) is 1.61. The second-order valence-corrected chi connectivity index (χ2v) is 4.63. The lowest BCUT2D eigenvalue weighted by molar-refractivity contribution is 0.354. The molecule has 0 aliphatic heterocycles. The van der Waals surface area contributed by atoms with Crippen LogP contribution >= 0.6 is 0 Å². The van der Waals surface area contributed by atoms with Crippen molar-refractivity contribution in [2.45, 2.75) is 12.3 Å². The molecule has 0 heterocycles. The lowest BCUT2D eigenvalue weighted by Gasteiger charge is -2.12. The van der Waals surface area contributed by atoms with Crippen molar-refractivity contribution < 1.29 is 13.9 Å². The molecule has 0 aliphatic carbocycles. The molecular weight excluding hydrogens is 269 g/mol. The summed E-state index contributed by atoms with van der Waals surface area (Å²) in [6.07, 6.45) is 0.486. The summed E-state index contributed by atoms with van der Waals surface area (Å²) >= 11 is 0. The smallest absolute Gasteiger partial charge is 0.160 e. The van der Waals surface area contributed by atoms with Crippen molar-refractivity contribution >= 4 is 0 Å². The highest BCUT2D eigenvalue weighted by Gasteiger charge is 2.14. The fourth-order valence-electron chi connectivity index (χ4n) is 2.20. The van der Waals surface area contributed by atoms with Gasteiger partial charge in [-0.05, 0) is 41.8 Å². The molecule has 0 N–H and O–H groups in total.